The lowest BCUT2D eigenvalue weighted by Gasteiger charge is -2.06. The molecule has 0 unspecified atom stereocenters. The van der Waals surface area contributed by atoms with Crippen LogP contribution in [0.4, 0.5) is 28.4 Å². The number of nitro groups is 3. The van der Waals surface area contributed by atoms with Crippen molar-refractivity contribution in [2.75, 3.05) is 17.6 Å². The molecule has 0 spiro atoms. The summed E-state index contributed by atoms with van der Waals surface area (Å²) in [5.41, 5.74) is 5.13. The highest BCUT2D eigenvalue weighted by molar-refractivity contribution is 6.33. The van der Waals surface area contributed by atoms with E-state index in [4.69, 9.17) is 34.0 Å². The maximum absolute atomic E-state index is 10.5. The van der Waals surface area contributed by atoms with Gasteiger partial charge in [0, 0.05) is 42.9 Å². The van der Waals surface area contributed by atoms with Crippen LogP contribution in [0, 0.1) is 30.3 Å². The Bertz CT molecular complexity index is 1190. The van der Waals surface area contributed by atoms with Crippen molar-refractivity contribution < 1.29 is 25.0 Å². The van der Waals surface area contributed by atoms with Crippen molar-refractivity contribution in [1.29, 1.82) is 0 Å². The summed E-state index contributed by atoms with van der Waals surface area (Å²) in [6, 6.07) is 12.4. The second kappa shape index (κ2) is 13.4. The number of benzene rings is 3. The van der Waals surface area contributed by atoms with Crippen molar-refractivity contribution in [1.82, 2.24) is 0 Å². The Labute approximate surface area is 207 Å². The van der Waals surface area contributed by atoms with Crippen molar-refractivity contribution in [3.63, 3.8) is 0 Å². The van der Waals surface area contributed by atoms with Gasteiger partial charge < -0.3 is 21.3 Å². The second-order valence-corrected chi connectivity index (χ2v) is 7.14. The van der Waals surface area contributed by atoms with Gasteiger partial charge in [-0.3, -0.25) is 30.3 Å². The highest BCUT2D eigenvalue weighted by atomic mass is 35.5. The summed E-state index contributed by atoms with van der Waals surface area (Å²) in [7, 11) is 0. The Morgan fingerprint density at radius 1 is 0.800 bits per heavy atom. The van der Waals surface area contributed by atoms with Gasteiger partial charge in [0.15, 0.2) is 11.5 Å². The van der Waals surface area contributed by atoms with Crippen LogP contribution in [0.3, 0.4) is 0 Å². The SMILES string of the molecule is CCNc1cc([N+](=O)[O-])cc(Cl)c1O.Nc1cc([N+](=O)[O-])cc(Cl)c1O.O=[N+]([O-])c1ccccc1. The number of anilines is 2. The van der Waals surface area contributed by atoms with Crippen LogP contribution in [0.25, 0.3) is 0 Å². The number of rotatable bonds is 5. The number of hydrogen-bond acceptors (Lipinski definition) is 10. The Hall–Kier alpha value is -4.36. The lowest BCUT2D eigenvalue weighted by Crippen LogP contribution is -1.98. The number of nitrogens with zero attached hydrogens (tertiary/aromatic N) is 3. The number of aromatic hydroxyl groups is 2. The van der Waals surface area contributed by atoms with Crippen molar-refractivity contribution in [2.45, 2.75) is 6.92 Å². The summed E-state index contributed by atoms with van der Waals surface area (Å²) >= 11 is 11.0. The third-order valence-electron chi connectivity index (χ3n) is 3.88. The molecule has 0 atom stereocenters. The predicted molar refractivity (Wildman–Crippen MR) is 131 cm³/mol. The maximum atomic E-state index is 10.5. The molecule has 0 aliphatic carbocycles. The number of nitrogens with two attached hydrogens (primary N) is 1. The van der Waals surface area contributed by atoms with Gasteiger partial charge in [0.05, 0.1) is 36.2 Å². The van der Waals surface area contributed by atoms with Crippen molar-refractivity contribution in [3.05, 3.63) is 95.0 Å². The molecule has 0 saturated heterocycles. The average Bonchev–Trinajstić information content (AvgIpc) is 2.81. The van der Waals surface area contributed by atoms with E-state index in [1.807, 2.05) is 6.92 Å². The molecule has 0 radical (unpaired) electrons. The first kappa shape index (κ1) is 28.7. The fourth-order valence-corrected chi connectivity index (χ4v) is 2.71. The Kier molecular flexibility index (Phi) is 11.0. The minimum atomic E-state index is -0.637. The van der Waals surface area contributed by atoms with Crippen molar-refractivity contribution in [3.8, 4) is 11.5 Å². The van der Waals surface area contributed by atoms with Gasteiger partial charge in [-0.25, -0.2) is 0 Å². The van der Waals surface area contributed by atoms with E-state index in [1.165, 1.54) is 18.2 Å². The molecule has 0 aliphatic rings. The largest absolute Gasteiger partial charge is 0.504 e. The van der Waals surface area contributed by atoms with Gasteiger partial charge in [-0.2, -0.15) is 0 Å². The molecule has 0 heterocycles. The first-order valence-corrected chi connectivity index (χ1v) is 10.2. The molecule has 35 heavy (non-hydrogen) atoms. The summed E-state index contributed by atoms with van der Waals surface area (Å²) in [4.78, 5) is 29.1. The molecule has 15 heteroatoms. The van der Waals surface area contributed by atoms with E-state index in [9.17, 15) is 35.4 Å². The van der Waals surface area contributed by atoms with Gasteiger partial charge in [0.2, 0.25) is 0 Å². The highest BCUT2D eigenvalue weighted by Gasteiger charge is 2.14. The minimum Gasteiger partial charge on any atom is -0.504 e. The third-order valence-corrected chi connectivity index (χ3v) is 4.46. The normalized spacial score (nSPS) is 9.57. The molecule has 0 saturated carbocycles. The molecule has 0 fully saturated rings. The molecule has 3 rings (SSSR count). The standard InChI is InChI=1S/C8H9ClN2O3.C6H5ClN2O3.C6H5NO2/c1-2-10-7-4-5(11(13)14)3-6(9)8(7)12;7-4-1-3(9(11)12)2-5(8)6(4)10;8-7(9)6-4-2-1-3-5-6/h3-4,10,12H,2H2,1H3;1-2,10H,8H2;1-5H. The number of phenolic OH excluding ortho intramolecular Hbond substituents is 2. The van der Waals surface area contributed by atoms with Crippen LogP contribution in [0.15, 0.2) is 54.6 Å². The Morgan fingerprint density at radius 3 is 1.66 bits per heavy atom. The van der Waals surface area contributed by atoms with Crippen LogP contribution < -0.4 is 11.1 Å². The van der Waals surface area contributed by atoms with E-state index in [1.54, 1.807) is 18.2 Å². The number of para-hydroxylation sites is 1. The van der Waals surface area contributed by atoms with E-state index in [0.717, 1.165) is 18.2 Å². The molecule has 0 bridgehead atoms. The van der Waals surface area contributed by atoms with E-state index in [-0.39, 0.29) is 50.0 Å². The summed E-state index contributed by atoms with van der Waals surface area (Å²) < 4.78 is 0. The predicted octanol–water partition coefficient (Wildman–Crippen LogP) is 5.52. The number of nitrogens with one attached hydrogen (secondary N) is 1. The summed E-state index contributed by atoms with van der Waals surface area (Å²) in [5, 5.41) is 51.8. The van der Waals surface area contributed by atoms with E-state index in [0.29, 0.717) is 6.54 Å². The number of hydrogen-bond donors (Lipinski definition) is 4. The molecule has 0 aliphatic heterocycles. The van der Waals surface area contributed by atoms with Crippen LogP contribution in [0.1, 0.15) is 6.92 Å². The minimum absolute atomic E-state index is 0.0323. The lowest BCUT2D eigenvalue weighted by molar-refractivity contribution is -0.385. The van der Waals surface area contributed by atoms with E-state index < -0.39 is 14.8 Å². The number of non-ortho nitro benzene ring substituents is 3. The first-order valence-electron chi connectivity index (χ1n) is 9.41. The molecule has 186 valence electrons. The third kappa shape index (κ3) is 8.83. The smallest absolute Gasteiger partial charge is 0.273 e. The molecule has 0 amide bonds. The summed E-state index contributed by atoms with van der Waals surface area (Å²) in [6.45, 7) is 2.36. The number of phenols is 2. The van der Waals surface area contributed by atoms with Gasteiger partial charge in [-0.15, -0.1) is 0 Å². The first-order chi connectivity index (χ1) is 16.4. The molecule has 5 N–H and O–H groups in total. The molecule has 3 aromatic carbocycles. The molecule has 13 nitrogen and oxygen atoms in total. The molecule has 0 aromatic heterocycles. The fraction of sp³-hybridized carbons (Fsp3) is 0.100. The monoisotopic (exact) mass is 527 g/mol. The lowest BCUT2D eigenvalue weighted by atomic mass is 10.2. The van der Waals surface area contributed by atoms with Crippen molar-refractivity contribution >= 4 is 51.6 Å². The molecule has 3 aromatic rings. The summed E-state index contributed by atoms with van der Waals surface area (Å²) in [6.07, 6.45) is 0. The van der Waals surface area contributed by atoms with Gasteiger partial charge in [-0.1, -0.05) is 41.4 Å². The average molecular weight is 528 g/mol. The van der Waals surface area contributed by atoms with E-state index >= 15 is 0 Å². The zero-order valence-corrected chi connectivity index (χ0v) is 19.4. The summed E-state index contributed by atoms with van der Waals surface area (Å²) in [5.74, 6) is -0.499. The highest BCUT2D eigenvalue weighted by Crippen LogP contribution is 2.36. The zero-order valence-electron chi connectivity index (χ0n) is 17.9. The molecular weight excluding hydrogens is 509 g/mol. The van der Waals surface area contributed by atoms with Crippen molar-refractivity contribution in [2.24, 2.45) is 0 Å². The number of nitrogen functional groups attached to an aromatic ring is 1. The van der Waals surface area contributed by atoms with Crippen LogP contribution in [-0.2, 0) is 0 Å². The van der Waals surface area contributed by atoms with Gasteiger partial charge in [0.25, 0.3) is 17.1 Å². The maximum Gasteiger partial charge on any atom is 0.273 e. The van der Waals surface area contributed by atoms with Crippen LogP contribution in [0.2, 0.25) is 10.0 Å². The van der Waals surface area contributed by atoms with Crippen LogP contribution in [0.5, 0.6) is 11.5 Å². The second-order valence-electron chi connectivity index (χ2n) is 6.33. The quantitative estimate of drug-likeness (QED) is 0.141. The Morgan fingerprint density at radius 2 is 1.26 bits per heavy atom. The van der Waals surface area contributed by atoms with Gasteiger partial charge >= 0.3 is 0 Å². The van der Waals surface area contributed by atoms with Gasteiger partial charge in [-0.05, 0) is 6.92 Å². The number of halogens is 2. The van der Waals surface area contributed by atoms with E-state index in [2.05, 4.69) is 5.32 Å². The topological polar surface area (TPSA) is 208 Å². The van der Waals surface area contributed by atoms with Crippen LogP contribution in [-0.4, -0.2) is 31.5 Å². The molecular formula is C20H19Cl2N5O8. The van der Waals surface area contributed by atoms with Gasteiger partial charge in [0.1, 0.15) is 0 Å². The zero-order chi connectivity index (χ0) is 26.7. The Balaban J connectivity index is 0.000000269. The number of nitro benzene ring substituents is 3. The fourth-order valence-electron chi connectivity index (χ4n) is 2.28. The van der Waals surface area contributed by atoms with Crippen LogP contribution >= 0.6 is 23.2 Å².